The van der Waals surface area contributed by atoms with Gasteiger partial charge in [0.2, 0.25) is 0 Å². The second kappa shape index (κ2) is 7.01. The average molecular weight is 381 g/mol. The number of benzene rings is 1. The van der Waals surface area contributed by atoms with Gasteiger partial charge in [0, 0.05) is 25.6 Å². The first-order valence-electron chi connectivity index (χ1n) is 9.94. The Morgan fingerprint density at radius 2 is 1.96 bits per heavy atom. The molecule has 8 nitrogen and oxygen atoms in total. The number of nitrogens with zero attached hydrogens (tertiary/aromatic N) is 3. The fourth-order valence-corrected chi connectivity index (χ4v) is 4.30. The van der Waals surface area contributed by atoms with E-state index in [2.05, 4.69) is 28.8 Å². The smallest absolute Gasteiger partial charge is 0.322 e. The Morgan fingerprint density at radius 1 is 1.14 bits per heavy atom. The molecule has 28 heavy (non-hydrogen) atoms. The lowest BCUT2D eigenvalue weighted by atomic mass is 10.00. The summed E-state index contributed by atoms with van der Waals surface area (Å²) in [5.74, 6) is 1.43. The van der Waals surface area contributed by atoms with Crippen molar-refractivity contribution in [1.82, 2.24) is 25.4 Å². The summed E-state index contributed by atoms with van der Waals surface area (Å²) in [6.07, 6.45) is 5.50. The topological polar surface area (TPSA) is 98.1 Å². The monoisotopic (exact) mass is 381 g/mol. The van der Waals surface area contributed by atoms with Crippen LogP contribution in [0.3, 0.4) is 0 Å². The number of imide groups is 1. The fraction of sp³-hybridized carbons (Fsp3) is 0.500. The predicted molar refractivity (Wildman–Crippen MR) is 100 cm³/mol. The Balaban J connectivity index is 1.51. The zero-order chi connectivity index (χ0) is 19.1. The van der Waals surface area contributed by atoms with Crippen LogP contribution in [0.25, 0.3) is 5.69 Å². The van der Waals surface area contributed by atoms with Gasteiger partial charge >= 0.3 is 6.03 Å². The molecule has 8 heteroatoms. The maximum absolute atomic E-state index is 12.0. The molecule has 0 bridgehead atoms. The van der Waals surface area contributed by atoms with Gasteiger partial charge in [0.25, 0.3) is 5.91 Å². The van der Waals surface area contributed by atoms with Gasteiger partial charge in [-0.2, -0.15) is 5.10 Å². The maximum atomic E-state index is 12.0. The van der Waals surface area contributed by atoms with Crippen LogP contribution in [0.2, 0.25) is 0 Å². The van der Waals surface area contributed by atoms with E-state index in [1.54, 1.807) is 0 Å². The number of hydrogen-bond acceptors (Lipinski definition) is 5. The Bertz CT molecular complexity index is 932. The van der Waals surface area contributed by atoms with Gasteiger partial charge in [-0.05, 0) is 55.4 Å². The van der Waals surface area contributed by atoms with E-state index in [0.717, 1.165) is 37.2 Å². The molecule has 1 atom stereocenters. The van der Waals surface area contributed by atoms with E-state index in [0.29, 0.717) is 25.5 Å². The average Bonchev–Trinajstić information content (AvgIpc) is 3.41. The van der Waals surface area contributed by atoms with E-state index in [-0.39, 0.29) is 11.8 Å². The normalized spacial score (nSPS) is 22.2. The quantitative estimate of drug-likeness (QED) is 0.780. The molecule has 0 radical (unpaired) electrons. The third-order valence-electron chi connectivity index (χ3n) is 5.85. The molecule has 2 aliphatic heterocycles. The van der Waals surface area contributed by atoms with E-state index < -0.39 is 12.1 Å². The van der Waals surface area contributed by atoms with Crippen LogP contribution < -0.4 is 10.6 Å². The number of nitrogens with one attached hydrogen (secondary N) is 2. The van der Waals surface area contributed by atoms with Crippen LogP contribution in [-0.2, 0) is 28.8 Å². The molecule has 146 valence electrons. The van der Waals surface area contributed by atoms with Crippen molar-refractivity contribution >= 4 is 11.9 Å². The first-order valence-corrected chi connectivity index (χ1v) is 9.94. The summed E-state index contributed by atoms with van der Waals surface area (Å²) >= 11 is 0. The largest absolute Gasteiger partial charge is 0.381 e. The number of carbonyl (C=O) groups is 2. The first-order chi connectivity index (χ1) is 13.7. The van der Waals surface area contributed by atoms with Crippen molar-refractivity contribution < 1.29 is 14.3 Å². The summed E-state index contributed by atoms with van der Waals surface area (Å²) in [4.78, 5) is 28.3. The molecule has 1 aromatic heterocycles. The Labute approximate surface area is 162 Å². The van der Waals surface area contributed by atoms with Crippen LogP contribution in [0.1, 0.15) is 48.0 Å². The van der Waals surface area contributed by atoms with Crippen molar-refractivity contribution in [2.75, 3.05) is 13.2 Å². The minimum absolute atomic E-state index is 0.259. The molecule has 0 spiro atoms. The van der Waals surface area contributed by atoms with E-state index in [1.165, 1.54) is 17.5 Å². The molecular weight excluding hydrogens is 358 g/mol. The highest BCUT2D eigenvalue weighted by molar-refractivity contribution is 6.04. The van der Waals surface area contributed by atoms with Gasteiger partial charge in [-0.15, -0.1) is 0 Å². The highest BCUT2D eigenvalue weighted by Gasteiger charge is 2.32. The van der Waals surface area contributed by atoms with E-state index >= 15 is 0 Å². The van der Waals surface area contributed by atoms with Crippen LogP contribution in [0.15, 0.2) is 18.2 Å². The molecule has 1 aromatic carbocycles. The Hall–Kier alpha value is -2.74. The van der Waals surface area contributed by atoms with Crippen molar-refractivity contribution in [3.63, 3.8) is 0 Å². The molecule has 2 saturated heterocycles. The zero-order valence-electron chi connectivity index (χ0n) is 15.6. The van der Waals surface area contributed by atoms with Gasteiger partial charge < -0.3 is 10.1 Å². The molecule has 1 aliphatic carbocycles. The molecule has 0 saturated carbocycles. The number of urea groups is 1. The molecule has 3 heterocycles. The summed E-state index contributed by atoms with van der Waals surface area (Å²) in [5.41, 5.74) is 3.72. The molecule has 2 fully saturated rings. The number of amides is 3. The minimum atomic E-state index is -0.618. The number of aromatic nitrogens is 3. The SMILES string of the molecule is O=C1NC(=O)C(Cc2nc(C3CCOCC3)nn2-c2ccc3c(c2)CCC3)N1. The molecule has 3 amide bonds. The number of carbonyl (C=O) groups excluding carboxylic acids is 2. The van der Waals surface area contributed by atoms with Crippen molar-refractivity contribution in [3.05, 3.63) is 41.0 Å². The second-order valence-corrected chi connectivity index (χ2v) is 7.71. The van der Waals surface area contributed by atoms with Crippen LogP contribution in [0, 0.1) is 0 Å². The summed E-state index contributed by atoms with van der Waals surface area (Å²) in [7, 11) is 0. The molecule has 5 rings (SSSR count). The highest BCUT2D eigenvalue weighted by atomic mass is 16.5. The third-order valence-corrected chi connectivity index (χ3v) is 5.85. The first kappa shape index (κ1) is 17.4. The van der Waals surface area contributed by atoms with Crippen LogP contribution in [0.5, 0.6) is 0 Å². The number of fused-ring (bicyclic) bond motifs is 1. The van der Waals surface area contributed by atoms with Crippen molar-refractivity contribution in [2.24, 2.45) is 0 Å². The van der Waals surface area contributed by atoms with Crippen molar-refractivity contribution in [1.29, 1.82) is 0 Å². The number of aryl methyl sites for hydroxylation is 2. The van der Waals surface area contributed by atoms with Gasteiger partial charge in [0.1, 0.15) is 11.9 Å². The van der Waals surface area contributed by atoms with Gasteiger partial charge in [-0.3, -0.25) is 10.1 Å². The number of ether oxygens (including phenoxy) is 1. The van der Waals surface area contributed by atoms with Gasteiger partial charge in [0.05, 0.1) is 5.69 Å². The van der Waals surface area contributed by atoms with Crippen molar-refractivity contribution in [2.45, 2.75) is 50.5 Å². The molecule has 1 unspecified atom stereocenters. The van der Waals surface area contributed by atoms with Crippen LogP contribution >= 0.6 is 0 Å². The van der Waals surface area contributed by atoms with E-state index in [1.807, 2.05) is 4.68 Å². The van der Waals surface area contributed by atoms with Crippen LogP contribution in [0.4, 0.5) is 4.79 Å². The molecule has 2 aromatic rings. The standard InChI is InChI=1S/C20H23N5O3/c26-19-16(21-20(27)23-19)11-17-22-18(13-6-8-28-9-7-13)24-25(17)15-5-4-12-2-1-3-14(12)10-15/h4-5,10,13,16H,1-3,6-9,11H2,(H2,21,23,26,27). The lowest BCUT2D eigenvalue weighted by Gasteiger charge is -2.18. The number of rotatable bonds is 4. The summed E-state index contributed by atoms with van der Waals surface area (Å²) in [6.45, 7) is 1.43. The van der Waals surface area contributed by atoms with Gasteiger partial charge in [-0.25, -0.2) is 14.5 Å². The summed E-state index contributed by atoms with van der Waals surface area (Å²) in [6, 6.07) is 5.35. The summed E-state index contributed by atoms with van der Waals surface area (Å²) in [5, 5.41) is 9.77. The number of hydrogen-bond donors (Lipinski definition) is 2. The summed E-state index contributed by atoms with van der Waals surface area (Å²) < 4.78 is 7.31. The predicted octanol–water partition coefficient (Wildman–Crippen LogP) is 1.40. The fourth-order valence-electron chi connectivity index (χ4n) is 4.30. The Morgan fingerprint density at radius 3 is 2.75 bits per heavy atom. The van der Waals surface area contributed by atoms with Gasteiger partial charge in [0.15, 0.2) is 5.82 Å². The second-order valence-electron chi connectivity index (χ2n) is 7.71. The molecule has 2 N–H and O–H groups in total. The van der Waals surface area contributed by atoms with E-state index in [4.69, 9.17) is 14.8 Å². The van der Waals surface area contributed by atoms with Crippen molar-refractivity contribution in [3.8, 4) is 5.69 Å². The third kappa shape index (κ3) is 3.17. The molecular formula is C20H23N5O3. The molecule has 3 aliphatic rings. The highest BCUT2D eigenvalue weighted by Crippen LogP contribution is 2.28. The van der Waals surface area contributed by atoms with Gasteiger partial charge in [-0.1, -0.05) is 6.07 Å². The van der Waals surface area contributed by atoms with E-state index in [9.17, 15) is 9.59 Å². The Kier molecular flexibility index (Phi) is 4.35. The zero-order valence-corrected chi connectivity index (χ0v) is 15.6. The lowest BCUT2D eigenvalue weighted by molar-refractivity contribution is -0.120. The maximum Gasteiger partial charge on any atom is 0.322 e. The van der Waals surface area contributed by atoms with Crippen LogP contribution in [-0.4, -0.2) is 46.0 Å². The minimum Gasteiger partial charge on any atom is -0.381 e. The lowest BCUT2D eigenvalue weighted by Crippen LogP contribution is -2.32.